The molecule has 1 atom stereocenters. The number of aromatic nitrogens is 2. The van der Waals surface area contributed by atoms with Gasteiger partial charge in [-0.3, -0.25) is 4.79 Å². The van der Waals surface area contributed by atoms with E-state index in [1.165, 1.54) is 0 Å². The lowest BCUT2D eigenvalue weighted by molar-refractivity contribution is -0.131. The maximum absolute atomic E-state index is 12.4. The Bertz CT molecular complexity index is 701. The zero-order chi connectivity index (χ0) is 17.7. The van der Waals surface area contributed by atoms with Crippen LogP contribution in [0.2, 0.25) is 0 Å². The predicted octanol–water partition coefficient (Wildman–Crippen LogP) is 2.01. The first-order valence-corrected chi connectivity index (χ1v) is 8.71. The molecular weight excluding hydrogens is 318 g/mol. The SMILES string of the molecule is Cc1nccn1CCCC(=O)N1CC[C@](O)(COc2ccccc2)C1. The highest BCUT2D eigenvalue weighted by Gasteiger charge is 2.38. The number of aliphatic hydroxyl groups is 1. The number of carbonyl (C=O) groups is 1. The van der Waals surface area contributed by atoms with E-state index >= 15 is 0 Å². The third-order valence-electron chi connectivity index (χ3n) is 4.65. The van der Waals surface area contributed by atoms with Crippen LogP contribution in [0, 0.1) is 6.92 Å². The van der Waals surface area contributed by atoms with E-state index in [1.807, 2.05) is 48.0 Å². The van der Waals surface area contributed by atoms with Crippen LogP contribution >= 0.6 is 0 Å². The van der Waals surface area contributed by atoms with Crippen LogP contribution in [0.1, 0.15) is 25.1 Å². The molecule has 6 nitrogen and oxygen atoms in total. The van der Waals surface area contributed by atoms with E-state index in [9.17, 15) is 9.90 Å². The van der Waals surface area contributed by atoms with E-state index in [1.54, 1.807) is 11.1 Å². The molecule has 0 bridgehead atoms. The second-order valence-electron chi connectivity index (χ2n) is 6.66. The molecule has 6 heteroatoms. The van der Waals surface area contributed by atoms with Gasteiger partial charge < -0.3 is 19.3 Å². The van der Waals surface area contributed by atoms with E-state index < -0.39 is 5.60 Å². The fourth-order valence-electron chi connectivity index (χ4n) is 3.12. The van der Waals surface area contributed by atoms with Gasteiger partial charge in [-0.2, -0.15) is 0 Å². The molecule has 1 aromatic heterocycles. The zero-order valence-corrected chi connectivity index (χ0v) is 14.6. The Hall–Kier alpha value is -2.34. The summed E-state index contributed by atoms with van der Waals surface area (Å²) in [4.78, 5) is 18.3. The van der Waals surface area contributed by atoms with Crippen molar-refractivity contribution in [1.82, 2.24) is 14.5 Å². The van der Waals surface area contributed by atoms with Crippen molar-refractivity contribution in [3.63, 3.8) is 0 Å². The molecule has 0 aliphatic carbocycles. The number of para-hydroxylation sites is 1. The fraction of sp³-hybridized carbons (Fsp3) is 0.474. The summed E-state index contributed by atoms with van der Waals surface area (Å²) in [6, 6.07) is 9.43. The monoisotopic (exact) mass is 343 g/mol. The molecule has 1 amide bonds. The van der Waals surface area contributed by atoms with Gasteiger partial charge in [-0.05, 0) is 31.9 Å². The summed E-state index contributed by atoms with van der Waals surface area (Å²) >= 11 is 0. The number of aryl methyl sites for hydroxylation is 2. The first-order chi connectivity index (χ1) is 12.1. The van der Waals surface area contributed by atoms with Crippen LogP contribution < -0.4 is 4.74 Å². The van der Waals surface area contributed by atoms with Gasteiger partial charge in [-0.15, -0.1) is 0 Å². The summed E-state index contributed by atoms with van der Waals surface area (Å²) in [6.07, 6.45) is 5.49. The molecule has 1 fully saturated rings. The molecule has 2 heterocycles. The lowest BCUT2D eigenvalue weighted by atomic mass is 10.1. The molecule has 0 spiro atoms. The number of benzene rings is 1. The van der Waals surface area contributed by atoms with Gasteiger partial charge >= 0.3 is 0 Å². The second-order valence-corrected chi connectivity index (χ2v) is 6.66. The smallest absolute Gasteiger partial charge is 0.222 e. The van der Waals surface area contributed by atoms with Gasteiger partial charge in [0.1, 0.15) is 23.8 Å². The Kier molecular flexibility index (Phi) is 5.38. The Balaban J connectivity index is 1.43. The molecule has 134 valence electrons. The number of hydrogen-bond acceptors (Lipinski definition) is 4. The van der Waals surface area contributed by atoms with Crippen molar-refractivity contribution in [2.45, 2.75) is 38.3 Å². The summed E-state index contributed by atoms with van der Waals surface area (Å²) < 4.78 is 7.71. The van der Waals surface area contributed by atoms with Crippen LogP contribution in [0.15, 0.2) is 42.7 Å². The third-order valence-corrected chi connectivity index (χ3v) is 4.65. The quantitative estimate of drug-likeness (QED) is 0.835. The average molecular weight is 343 g/mol. The molecule has 0 unspecified atom stereocenters. The summed E-state index contributed by atoms with van der Waals surface area (Å²) in [5.74, 6) is 1.78. The molecular formula is C19H25N3O3. The number of ether oxygens (including phenoxy) is 1. The number of likely N-dealkylation sites (tertiary alicyclic amines) is 1. The van der Waals surface area contributed by atoms with Crippen molar-refractivity contribution >= 4 is 5.91 Å². The van der Waals surface area contributed by atoms with Crippen LogP contribution in [0.4, 0.5) is 0 Å². The largest absolute Gasteiger partial charge is 0.491 e. The number of rotatable bonds is 7. The molecule has 25 heavy (non-hydrogen) atoms. The third kappa shape index (κ3) is 4.60. The highest BCUT2D eigenvalue weighted by atomic mass is 16.5. The van der Waals surface area contributed by atoms with Gasteiger partial charge in [0, 0.05) is 31.9 Å². The number of hydrogen-bond donors (Lipinski definition) is 1. The lowest BCUT2D eigenvalue weighted by Crippen LogP contribution is -2.40. The number of β-amino-alcohol motifs (C(OH)–C–C–N with tert-alkyl or cyclic N) is 1. The Morgan fingerprint density at radius 1 is 1.36 bits per heavy atom. The Morgan fingerprint density at radius 2 is 2.16 bits per heavy atom. The standard InChI is InChI=1S/C19H25N3O3/c1-16-20-10-13-21(16)11-5-8-18(23)22-12-9-19(24,14-22)15-25-17-6-3-2-4-7-17/h2-4,6-7,10,13,24H,5,8-9,11-12,14-15H2,1H3/t19-/m1/s1. The van der Waals surface area contributed by atoms with Crippen LogP contribution in [-0.2, 0) is 11.3 Å². The Labute approximate surface area is 148 Å². The normalized spacial score (nSPS) is 20.0. The molecule has 1 aliphatic rings. The maximum atomic E-state index is 12.4. The molecule has 0 saturated carbocycles. The second kappa shape index (κ2) is 7.70. The topological polar surface area (TPSA) is 67.6 Å². The summed E-state index contributed by atoms with van der Waals surface area (Å²) in [6.45, 7) is 3.86. The first kappa shape index (κ1) is 17.5. The maximum Gasteiger partial charge on any atom is 0.222 e. The molecule has 1 aromatic carbocycles. The summed E-state index contributed by atoms with van der Waals surface area (Å²) in [5.41, 5.74) is -0.966. The number of nitrogens with zero attached hydrogens (tertiary/aromatic N) is 3. The molecule has 2 aromatic rings. The molecule has 1 N–H and O–H groups in total. The van der Waals surface area contributed by atoms with Crippen LogP contribution in [0.3, 0.4) is 0 Å². The van der Waals surface area contributed by atoms with E-state index in [4.69, 9.17) is 4.74 Å². The van der Waals surface area contributed by atoms with Crippen LogP contribution in [0.25, 0.3) is 0 Å². The Morgan fingerprint density at radius 3 is 2.88 bits per heavy atom. The summed E-state index contributed by atoms with van der Waals surface area (Å²) in [7, 11) is 0. The minimum absolute atomic E-state index is 0.0911. The zero-order valence-electron chi connectivity index (χ0n) is 14.6. The molecule has 0 radical (unpaired) electrons. The average Bonchev–Trinajstić information content (AvgIpc) is 3.21. The van der Waals surface area contributed by atoms with Gasteiger partial charge in [-0.25, -0.2) is 4.98 Å². The minimum Gasteiger partial charge on any atom is -0.491 e. The van der Waals surface area contributed by atoms with Crippen molar-refractivity contribution in [3.8, 4) is 5.75 Å². The summed E-state index contributed by atoms with van der Waals surface area (Å²) in [5, 5.41) is 10.7. The van der Waals surface area contributed by atoms with Crippen molar-refractivity contribution in [3.05, 3.63) is 48.5 Å². The predicted molar refractivity (Wildman–Crippen MR) is 94.3 cm³/mol. The van der Waals surface area contributed by atoms with Gasteiger partial charge in [0.05, 0.1) is 6.54 Å². The molecule has 3 rings (SSSR count). The number of imidazole rings is 1. The van der Waals surface area contributed by atoms with Gasteiger partial charge in [0.2, 0.25) is 5.91 Å². The van der Waals surface area contributed by atoms with Gasteiger partial charge in [-0.1, -0.05) is 18.2 Å². The van der Waals surface area contributed by atoms with E-state index in [0.717, 1.165) is 24.5 Å². The van der Waals surface area contributed by atoms with Crippen LogP contribution in [0.5, 0.6) is 5.75 Å². The number of carbonyl (C=O) groups excluding carboxylic acids is 1. The highest BCUT2D eigenvalue weighted by molar-refractivity contribution is 5.76. The van der Waals surface area contributed by atoms with Crippen molar-refractivity contribution in [1.29, 1.82) is 0 Å². The van der Waals surface area contributed by atoms with Crippen molar-refractivity contribution in [2.24, 2.45) is 0 Å². The highest BCUT2D eigenvalue weighted by Crippen LogP contribution is 2.23. The van der Waals surface area contributed by atoms with E-state index in [-0.39, 0.29) is 12.5 Å². The van der Waals surface area contributed by atoms with E-state index in [0.29, 0.717) is 25.9 Å². The minimum atomic E-state index is -0.966. The molecule has 1 saturated heterocycles. The number of amides is 1. The van der Waals surface area contributed by atoms with E-state index in [2.05, 4.69) is 4.98 Å². The lowest BCUT2D eigenvalue weighted by Gasteiger charge is -2.23. The fourth-order valence-corrected chi connectivity index (χ4v) is 3.12. The van der Waals surface area contributed by atoms with Crippen molar-refractivity contribution in [2.75, 3.05) is 19.7 Å². The van der Waals surface area contributed by atoms with Crippen molar-refractivity contribution < 1.29 is 14.6 Å². The van der Waals surface area contributed by atoms with Gasteiger partial charge in [0.25, 0.3) is 0 Å². The van der Waals surface area contributed by atoms with Crippen LogP contribution in [-0.4, -0.2) is 50.8 Å². The molecule has 1 aliphatic heterocycles. The first-order valence-electron chi connectivity index (χ1n) is 8.71. The van der Waals surface area contributed by atoms with Gasteiger partial charge in [0.15, 0.2) is 0 Å².